The first-order valence-corrected chi connectivity index (χ1v) is 7.33. The highest BCUT2D eigenvalue weighted by Gasteiger charge is 2.21. The van der Waals surface area contributed by atoms with Crippen molar-refractivity contribution < 1.29 is 0 Å². The summed E-state index contributed by atoms with van der Waals surface area (Å²) in [5.74, 6) is 0. The summed E-state index contributed by atoms with van der Waals surface area (Å²) in [6.07, 6.45) is 3.36. The fourth-order valence-electron chi connectivity index (χ4n) is 2.91. The fraction of sp³-hybridized carbons (Fsp3) is 0.200. The molecule has 1 aromatic carbocycles. The Morgan fingerprint density at radius 1 is 1.11 bits per heavy atom. The van der Waals surface area contributed by atoms with Crippen LogP contribution < -0.4 is 5.73 Å². The van der Waals surface area contributed by atoms with Crippen molar-refractivity contribution in [3.05, 3.63) is 40.9 Å². The Kier molecular flexibility index (Phi) is 2.32. The van der Waals surface area contributed by atoms with E-state index in [1.807, 2.05) is 6.07 Å². The van der Waals surface area contributed by atoms with Crippen molar-refractivity contribution in [1.29, 1.82) is 0 Å². The van der Waals surface area contributed by atoms with Crippen LogP contribution in [0.2, 0.25) is 0 Å². The van der Waals surface area contributed by atoms with Crippen LogP contribution in [0, 0.1) is 0 Å². The number of aromatic nitrogens is 2. The van der Waals surface area contributed by atoms with Gasteiger partial charge in [-0.05, 0) is 30.9 Å². The second kappa shape index (κ2) is 4.03. The molecule has 4 heteroatoms. The number of nitrogens with two attached hydrogens (primary N) is 1. The molecule has 0 amide bonds. The molecule has 0 fully saturated rings. The summed E-state index contributed by atoms with van der Waals surface area (Å²) in [6.45, 7) is 0. The number of hydrogen-bond donors (Lipinski definition) is 1. The standard InChI is InChI=1S/C15H13N3S/c16-15-18-13(8-19-15)14-9-4-1-2-6-11(9)17-12-7-3-5-10(12)14/h1-2,4,6,8H,3,5,7H2,(H2,16,18). The Balaban J connectivity index is 2.12. The van der Waals surface area contributed by atoms with Gasteiger partial charge in [0.2, 0.25) is 0 Å². The Labute approximate surface area is 115 Å². The molecule has 0 saturated heterocycles. The van der Waals surface area contributed by atoms with Crippen LogP contribution in [0.4, 0.5) is 5.13 Å². The van der Waals surface area contributed by atoms with Gasteiger partial charge < -0.3 is 5.73 Å². The number of nitrogens with zero attached hydrogens (tertiary/aromatic N) is 2. The maximum absolute atomic E-state index is 5.80. The highest BCUT2D eigenvalue weighted by Crippen LogP contribution is 2.37. The van der Waals surface area contributed by atoms with Gasteiger partial charge in [-0.2, -0.15) is 0 Å². The van der Waals surface area contributed by atoms with E-state index in [1.54, 1.807) is 0 Å². The van der Waals surface area contributed by atoms with Gasteiger partial charge in [-0.15, -0.1) is 11.3 Å². The molecular weight excluding hydrogens is 254 g/mol. The first kappa shape index (κ1) is 10.9. The van der Waals surface area contributed by atoms with E-state index in [1.165, 1.54) is 40.0 Å². The number of fused-ring (bicyclic) bond motifs is 2. The zero-order chi connectivity index (χ0) is 12.8. The third-order valence-electron chi connectivity index (χ3n) is 3.70. The van der Waals surface area contributed by atoms with Crippen LogP contribution in [0.3, 0.4) is 0 Å². The van der Waals surface area contributed by atoms with Crippen LogP contribution >= 0.6 is 11.3 Å². The normalized spacial score (nSPS) is 13.9. The number of para-hydroxylation sites is 1. The zero-order valence-corrected chi connectivity index (χ0v) is 11.2. The molecule has 0 unspecified atom stereocenters. The van der Waals surface area contributed by atoms with Gasteiger partial charge in [0.25, 0.3) is 0 Å². The minimum Gasteiger partial charge on any atom is -0.375 e. The maximum atomic E-state index is 5.80. The average Bonchev–Trinajstić information content (AvgIpc) is 3.04. The molecule has 2 heterocycles. The van der Waals surface area contributed by atoms with Gasteiger partial charge in [-0.1, -0.05) is 18.2 Å². The lowest BCUT2D eigenvalue weighted by Gasteiger charge is -2.10. The van der Waals surface area contributed by atoms with E-state index in [2.05, 4.69) is 28.6 Å². The zero-order valence-electron chi connectivity index (χ0n) is 10.4. The molecule has 0 radical (unpaired) electrons. The number of anilines is 1. The number of nitrogen functional groups attached to an aromatic ring is 1. The number of thiazole rings is 1. The number of pyridine rings is 1. The lowest BCUT2D eigenvalue weighted by molar-refractivity contribution is 0.901. The van der Waals surface area contributed by atoms with Crippen molar-refractivity contribution >= 4 is 27.4 Å². The topological polar surface area (TPSA) is 51.8 Å². The number of benzene rings is 1. The van der Waals surface area contributed by atoms with Gasteiger partial charge in [0.15, 0.2) is 5.13 Å². The van der Waals surface area contributed by atoms with Crippen LogP contribution in [0.5, 0.6) is 0 Å². The highest BCUT2D eigenvalue weighted by molar-refractivity contribution is 7.13. The molecule has 0 saturated carbocycles. The molecule has 2 N–H and O–H groups in total. The second-order valence-corrected chi connectivity index (χ2v) is 5.74. The molecule has 0 aliphatic heterocycles. The quantitative estimate of drug-likeness (QED) is 0.735. The van der Waals surface area contributed by atoms with Gasteiger partial charge in [0, 0.05) is 22.0 Å². The summed E-state index contributed by atoms with van der Waals surface area (Å²) in [4.78, 5) is 9.27. The van der Waals surface area contributed by atoms with Gasteiger partial charge >= 0.3 is 0 Å². The first-order chi connectivity index (χ1) is 9.33. The van der Waals surface area contributed by atoms with Crippen LogP contribution in [0.15, 0.2) is 29.6 Å². The summed E-state index contributed by atoms with van der Waals surface area (Å²) in [7, 11) is 0. The molecule has 1 aliphatic rings. The molecule has 3 nitrogen and oxygen atoms in total. The predicted molar refractivity (Wildman–Crippen MR) is 79.3 cm³/mol. The third-order valence-corrected chi connectivity index (χ3v) is 4.37. The molecule has 0 spiro atoms. The number of hydrogen-bond acceptors (Lipinski definition) is 4. The van der Waals surface area contributed by atoms with Crippen LogP contribution in [-0.4, -0.2) is 9.97 Å². The second-order valence-electron chi connectivity index (χ2n) is 4.85. The third kappa shape index (κ3) is 1.64. The Hall–Kier alpha value is -1.94. The van der Waals surface area contributed by atoms with Gasteiger partial charge in [0.1, 0.15) is 0 Å². The Morgan fingerprint density at radius 3 is 2.84 bits per heavy atom. The van der Waals surface area contributed by atoms with Crippen molar-refractivity contribution in [2.75, 3.05) is 5.73 Å². The first-order valence-electron chi connectivity index (χ1n) is 6.45. The summed E-state index contributed by atoms with van der Waals surface area (Å²) in [6, 6.07) is 8.30. The summed E-state index contributed by atoms with van der Waals surface area (Å²) in [5.41, 5.74) is 11.7. The minimum atomic E-state index is 0.627. The van der Waals surface area contributed by atoms with Gasteiger partial charge in [0.05, 0.1) is 11.2 Å². The average molecular weight is 267 g/mol. The fourth-order valence-corrected chi connectivity index (χ4v) is 3.46. The Morgan fingerprint density at radius 2 is 2.00 bits per heavy atom. The largest absolute Gasteiger partial charge is 0.375 e. The monoisotopic (exact) mass is 267 g/mol. The molecule has 19 heavy (non-hydrogen) atoms. The van der Waals surface area contributed by atoms with Gasteiger partial charge in [-0.25, -0.2) is 4.98 Å². The Bertz CT molecular complexity index is 776. The van der Waals surface area contributed by atoms with Crippen molar-refractivity contribution in [2.45, 2.75) is 19.3 Å². The highest BCUT2D eigenvalue weighted by atomic mass is 32.1. The van der Waals surface area contributed by atoms with Gasteiger partial charge in [-0.3, -0.25) is 4.98 Å². The van der Waals surface area contributed by atoms with E-state index in [0.29, 0.717) is 5.13 Å². The molecule has 0 atom stereocenters. The number of rotatable bonds is 1. The van der Waals surface area contributed by atoms with E-state index >= 15 is 0 Å². The van der Waals surface area contributed by atoms with E-state index in [-0.39, 0.29) is 0 Å². The molecule has 1 aliphatic carbocycles. The predicted octanol–water partition coefficient (Wildman–Crippen LogP) is 3.43. The summed E-state index contributed by atoms with van der Waals surface area (Å²) in [5, 5.41) is 3.87. The molecule has 94 valence electrons. The molecule has 0 bridgehead atoms. The van der Waals surface area contributed by atoms with E-state index in [4.69, 9.17) is 10.7 Å². The smallest absolute Gasteiger partial charge is 0.180 e. The molecule has 4 rings (SSSR count). The van der Waals surface area contributed by atoms with E-state index in [0.717, 1.165) is 24.1 Å². The summed E-state index contributed by atoms with van der Waals surface area (Å²) >= 11 is 1.50. The van der Waals surface area contributed by atoms with Crippen LogP contribution in [0.1, 0.15) is 17.7 Å². The van der Waals surface area contributed by atoms with Crippen molar-refractivity contribution in [3.8, 4) is 11.3 Å². The summed E-state index contributed by atoms with van der Waals surface area (Å²) < 4.78 is 0. The van der Waals surface area contributed by atoms with Crippen LogP contribution in [-0.2, 0) is 12.8 Å². The maximum Gasteiger partial charge on any atom is 0.180 e. The molecule has 3 aromatic rings. The van der Waals surface area contributed by atoms with Crippen molar-refractivity contribution in [1.82, 2.24) is 9.97 Å². The van der Waals surface area contributed by atoms with Crippen molar-refractivity contribution in [2.24, 2.45) is 0 Å². The lowest BCUT2D eigenvalue weighted by Crippen LogP contribution is -1.95. The molecular formula is C15H13N3S. The van der Waals surface area contributed by atoms with E-state index in [9.17, 15) is 0 Å². The molecule has 2 aromatic heterocycles. The van der Waals surface area contributed by atoms with Crippen LogP contribution in [0.25, 0.3) is 22.2 Å². The SMILES string of the molecule is Nc1nc(-c2c3c(nc4ccccc24)CCC3)cs1. The number of aryl methyl sites for hydroxylation is 1. The van der Waals surface area contributed by atoms with Crippen molar-refractivity contribution in [3.63, 3.8) is 0 Å². The minimum absolute atomic E-state index is 0.627. The lowest BCUT2D eigenvalue weighted by atomic mass is 9.99. The van der Waals surface area contributed by atoms with E-state index < -0.39 is 0 Å².